The lowest BCUT2D eigenvalue weighted by molar-refractivity contribution is 0.315. The fourth-order valence-electron chi connectivity index (χ4n) is 2.60. The van der Waals surface area contributed by atoms with E-state index in [9.17, 15) is 0 Å². The summed E-state index contributed by atoms with van der Waals surface area (Å²) in [5.41, 5.74) is 2.38. The van der Waals surface area contributed by atoms with E-state index in [0.29, 0.717) is 6.61 Å². The number of hydrogen-bond acceptors (Lipinski definition) is 2. The molecule has 1 heterocycles. The van der Waals surface area contributed by atoms with Crippen LogP contribution < -0.4 is 10.1 Å². The lowest BCUT2D eigenvalue weighted by atomic mass is 10.1. The number of benzene rings is 1. The molecule has 21 heavy (non-hydrogen) atoms. The zero-order valence-electron chi connectivity index (χ0n) is 13.2. The van der Waals surface area contributed by atoms with Crippen LogP contribution in [0, 0.1) is 13.8 Å². The Balaban J connectivity index is 0.00000220. The SMILES string of the molecule is CN=C(NCCOc1c(C)cccc1C)N1CCCC1.I. The summed E-state index contributed by atoms with van der Waals surface area (Å²) < 4.78 is 5.89. The first-order chi connectivity index (χ1) is 9.72. The summed E-state index contributed by atoms with van der Waals surface area (Å²) >= 11 is 0. The van der Waals surface area contributed by atoms with Gasteiger partial charge in [-0.2, -0.15) is 0 Å². The van der Waals surface area contributed by atoms with Crippen molar-refractivity contribution in [1.82, 2.24) is 10.2 Å². The summed E-state index contributed by atoms with van der Waals surface area (Å²) in [5.74, 6) is 2.00. The van der Waals surface area contributed by atoms with Crippen molar-refractivity contribution in [3.63, 3.8) is 0 Å². The summed E-state index contributed by atoms with van der Waals surface area (Å²) in [6.07, 6.45) is 2.53. The molecule has 0 unspecified atom stereocenters. The molecule has 1 aliphatic heterocycles. The molecule has 0 aromatic heterocycles. The Kier molecular flexibility index (Phi) is 7.85. The number of rotatable bonds is 4. The Labute approximate surface area is 145 Å². The molecular formula is C16H26IN3O. The molecule has 0 radical (unpaired) electrons. The second kappa shape index (κ2) is 9.12. The highest BCUT2D eigenvalue weighted by atomic mass is 127. The average Bonchev–Trinajstić information content (AvgIpc) is 2.95. The van der Waals surface area contributed by atoms with Crippen LogP contribution in [0.1, 0.15) is 24.0 Å². The summed E-state index contributed by atoms with van der Waals surface area (Å²) in [6.45, 7) is 7.81. The molecule has 0 saturated carbocycles. The number of nitrogens with one attached hydrogen (secondary N) is 1. The predicted octanol–water partition coefficient (Wildman–Crippen LogP) is 2.97. The maximum Gasteiger partial charge on any atom is 0.193 e. The van der Waals surface area contributed by atoms with Gasteiger partial charge in [-0.25, -0.2) is 0 Å². The number of likely N-dealkylation sites (tertiary alicyclic amines) is 1. The first kappa shape index (κ1) is 18.1. The van der Waals surface area contributed by atoms with Gasteiger partial charge in [0.25, 0.3) is 0 Å². The Morgan fingerprint density at radius 1 is 1.24 bits per heavy atom. The smallest absolute Gasteiger partial charge is 0.193 e. The third-order valence-electron chi connectivity index (χ3n) is 3.66. The zero-order valence-corrected chi connectivity index (χ0v) is 15.5. The van der Waals surface area contributed by atoms with Crippen LogP contribution in [0.4, 0.5) is 0 Å². The Bertz CT molecular complexity index is 450. The van der Waals surface area contributed by atoms with Crippen LogP contribution in [0.5, 0.6) is 5.75 Å². The number of guanidine groups is 1. The number of nitrogens with zero attached hydrogens (tertiary/aromatic N) is 2. The quantitative estimate of drug-likeness (QED) is 0.364. The normalized spacial score (nSPS) is 14.8. The molecule has 0 bridgehead atoms. The van der Waals surface area contributed by atoms with Gasteiger partial charge in [-0.15, -0.1) is 24.0 Å². The highest BCUT2D eigenvalue weighted by molar-refractivity contribution is 14.0. The molecule has 0 spiro atoms. The van der Waals surface area contributed by atoms with Crippen molar-refractivity contribution in [2.24, 2.45) is 4.99 Å². The van der Waals surface area contributed by atoms with E-state index in [0.717, 1.165) is 31.3 Å². The molecule has 1 saturated heterocycles. The van der Waals surface area contributed by atoms with Gasteiger partial charge in [-0.05, 0) is 37.8 Å². The van der Waals surface area contributed by atoms with Crippen molar-refractivity contribution in [2.45, 2.75) is 26.7 Å². The number of aliphatic imine (C=N–C) groups is 1. The molecular weight excluding hydrogens is 377 g/mol. The third kappa shape index (κ3) is 5.05. The van der Waals surface area contributed by atoms with E-state index in [2.05, 4.69) is 47.3 Å². The van der Waals surface area contributed by atoms with Crippen molar-refractivity contribution >= 4 is 29.9 Å². The van der Waals surface area contributed by atoms with Gasteiger partial charge in [0, 0.05) is 20.1 Å². The van der Waals surface area contributed by atoms with Crippen molar-refractivity contribution in [3.05, 3.63) is 29.3 Å². The molecule has 118 valence electrons. The second-order valence-corrected chi connectivity index (χ2v) is 5.24. The van der Waals surface area contributed by atoms with E-state index in [4.69, 9.17) is 4.74 Å². The van der Waals surface area contributed by atoms with Crippen molar-refractivity contribution in [3.8, 4) is 5.75 Å². The summed E-state index contributed by atoms with van der Waals surface area (Å²) in [6, 6.07) is 6.23. The van der Waals surface area contributed by atoms with Gasteiger partial charge < -0.3 is 15.0 Å². The van der Waals surface area contributed by atoms with Crippen LogP contribution in [0.3, 0.4) is 0 Å². The standard InChI is InChI=1S/C16H25N3O.HI/c1-13-7-6-8-14(2)15(13)20-12-9-18-16(17-3)19-10-4-5-11-19;/h6-8H,4-5,9-12H2,1-3H3,(H,17,18);1H. The Hall–Kier alpha value is -0.980. The average molecular weight is 403 g/mol. The molecule has 1 aromatic rings. The van der Waals surface area contributed by atoms with E-state index >= 15 is 0 Å². The minimum Gasteiger partial charge on any atom is -0.491 e. The molecule has 2 rings (SSSR count). The van der Waals surface area contributed by atoms with E-state index in [1.54, 1.807) is 0 Å². The van der Waals surface area contributed by atoms with Crippen LogP contribution >= 0.6 is 24.0 Å². The van der Waals surface area contributed by atoms with Crippen LogP contribution in [0.2, 0.25) is 0 Å². The molecule has 0 amide bonds. The molecule has 4 nitrogen and oxygen atoms in total. The largest absolute Gasteiger partial charge is 0.491 e. The maximum atomic E-state index is 5.89. The molecule has 1 aromatic carbocycles. The van der Waals surface area contributed by atoms with Crippen LogP contribution in [0.15, 0.2) is 23.2 Å². The first-order valence-corrected chi connectivity index (χ1v) is 7.37. The monoisotopic (exact) mass is 403 g/mol. The maximum absolute atomic E-state index is 5.89. The molecule has 0 atom stereocenters. The summed E-state index contributed by atoms with van der Waals surface area (Å²) in [7, 11) is 1.84. The molecule has 1 aliphatic rings. The molecule has 1 fully saturated rings. The fraction of sp³-hybridized carbons (Fsp3) is 0.562. The summed E-state index contributed by atoms with van der Waals surface area (Å²) in [5, 5.41) is 3.37. The highest BCUT2D eigenvalue weighted by Crippen LogP contribution is 2.21. The number of hydrogen-bond donors (Lipinski definition) is 1. The zero-order chi connectivity index (χ0) is 14.4. The van der Waals surface area contributed by atoms with E-state index < -0.39 is 0 Å². The van der Waals surface area contributed by atoms with E-state index in [-0.39, 0.29) is 24.0 Å². The summed E-state index contributed by atoms with van der Waals surface area (Å²) in [4.78, 5) is 6.63. The van der Waals surface area contributed by atoms with E-state index in [1.165, 1.54) is 24.0 Å². The minimum atomic E-state index is 0. The van der Waals surface area contributed by atoms with Gasteiger partial charge in [0.1, 0.15) is 12.4 Å². The molecule has 1 N–H and O–H groups in total. The lowest BCUT2D eigenvalue weighted by Gasteiger charge is -2.21. The van der Waals surface area contributed by atoms with Crippen LogP contribution in [-0.2, 0) is 0 Å². The minimum absolute atomic E-state index is 0. The van der Waals surface area contributed by atoms with Crippen molar-refractivity contribution < 1.29 is 4.74 Å². The number of ether oxygens (including phenoxy) is 1. The Morgan fingerprint density at radius 2 is 1.86 bits per heavy atom. The molecule has 0 aliphatic carbocycles. The molecule has 5 heteroatoms. The second-order valence-electron chi connectivity index (χ2n) is 5.24. The van der Waals surface area contributed by atoms with Gasteiger partial charge in [-0.3, -0.25) is 4.99 Å². The van der Waals surface area contributed by atoms with Crippen LogP contribution in [-0.4, -0.2) is 44.1 Å². The van der Waals surface area contributed by atoms with Gasteiger partial charge in [-0.1, -0.05) is 18.2 Å². The number of aryl methyl sites for hydroxylation is 2. The van der Waals surface area contributed by atoms with Crippen LogP contribution in [0.25, 0.3) is 0 Å². The topological polar surface area (TPSA) is 36.9 Å². The van der Waals surface area contributed by atoms with Crippen molar-refractivity contribution in [2.75, 3.05) is 33.3 Å². The highest BCUT2D eigenvalue weighted by Gasteiger charge is 2.15. The number of para-hydroxylation sites is 1. The predicted molar refractivity (Wildman–Crippen MR) is 99.0 cm³/mol. The van der Waals surface area contributed by atoms with Gasteiger partial charge in [0.15, 0.2) is 5.96 Å². The van der Waals surface area contributed by atoms with Crippen molar-refractivity contribution in [1.29, 1.82) is 0 Å². The number of halogens is 1. The van der Waals surface area contributed by atoms with Gasteiger partial charge >= 0.3 is 0 Å². The Morgan fingerprint density at radius 3 is 2.43 bits per heavy atom. The van der Waals surface area contributed by atoms with Gasteiger partial charge in [0.05, 0.1) is 6.54 Å². The van der Waals surface area contributed by atoms with E-state index in [1.807, 2.05) is 7.05 Å². The van der Waals surface area contributed by atoms with Gasteiger partial charge in [0.2, 0.25) is 0 Å². The fourth-order valence-corrected chi connectivity index (χ4v) is 2.60. The first-order valence-electron chi connectivity index (χ1n) is 7.37. The third-order valence-corrected chi connectivity index (χ3v) is 3.66. The lowest BCUT2D eigenvalue weighted by Crippen LogP contribution is -2.41.